The van der Waals surface area contributed by atoms with Crippen LogP contribution in [0.25, 0.3) is 0 Å². The van der Waals surface area contributed by atoms with Crippen LogP contribution in [0.15, 0.2) is 48.5 Å². The van der Waals surface area contributed by atoms with Crippen molar-refractivity contribution in [3.8, 4) is 0 Å². The van der Waals surface area contributed by atoms with Gasteiger partial charge in [0, 0.05) is 24.2 Å². The highest BCUT2D eigenvalue weighted by Gasteiger charge is 2.09. The van der Waals surface area contributed by atoms with Crippen molar-refractivity contribution in [2.45, 2.75) is 6.42 Å². The molecule has 1 N–H and O–H groups in total. The molecular formula is C15H13F2NO. The third kappa shape index (κ3) is 3.61. The van der Waals surface area contributed by atoms with Crippen LogP contribution in [0.2, 0.25) is 0 Å². The fourth-order valence-corrected chi connectivity index (χ4v) is 1.69. The Labute approximate surface area is 110 Å². The summed E-state index contributed by atoms with van der Waals surface area (Å²) in [5.74, 6) is -2.16. The van der Waals surface area contributed by atoms with Crippen molar-refractivity contribution >= 4 is 11.5 Å². The Morgan fingerprint density at radius 1 is 1.00 bits per heavy atom. The van der Waals surface area contributed by atoms with Crippen LogP contribution in [0.3, 0.4) is 0 Å². The molecule has 4 heteroatoms. The molecule has 2 aromatic rings. The number of carbonyl (C=O) groups is 1. The summed E-state index contributed by atoms with van der Waals surface area (Å²) in [6, 6.07) is 12.7. The maximum atomic E-state index is 13.0. The average Bonchev–Trinajstić information content (AvgIpc) is 2.43. The number of hydrogen-bond donors (Lipinski definition) is 1. The van der Waals surface area contributed by atoms with E-state index in [4.69, 9.17) is 0 Å². The Morgan fingerprint density at radius 3 is 2.42 bits per heavy atom. The van der Waals surface area contributed by atoms with E-state index in [1.54, 1.807) is 0 Å². The number of halogens is 2. The van der Waals surface area contributed by atoms with E-state index in [0.717, 1.165) is 17.8 Å². The highest BCUT2D eigenvalue weighted by Crippen LogP contribution is 2.11. The zero-order valence-electron chi connectivity index (χ0n) is 10.2. The van der Waals surface area contributed by atoms with Crippen molar-refractivity contribution in [3.05, 3.63) is 65.7 Å². The minimum Gasteiger partial charge on any atom is -0.385 e. The summed E-state index contributed by atoms with van der Waals surface area (Å²) >= 11 is 0. The number of Topliss-reactive ketones (excluding diaryl/α,β-unsaturated/α-hetero) is 1. The normalized spacial score (nSPS) is 10.2. The zero-order chi connectivity index (χ0) is 13.7. The Bertz CT molecular complexity index is 570. The molecular weight excluding hydrogens is 248 g/mol. The van der Waals surface area contributed by atoms with E-state index in [1.165, 1.54) is 6.07 Å². The molecule has 2 aromatic carbocycles. The van der Waals surface area contributed by atoms with Crippen LogP contribution >= 0.6 is 0 Å². The second-order valence-corrected chi connectivity index (χ2v) is 4.09. The van der Waals surface area contributed by atoms with E-state index in [-0.39, 0.29) is 17.8 Å². The molecule has 0 bridgehead atoms. The molecule has 0 aromatic heterocycles. The van der Waals surface area contributed by atoms with Gasteiger partial charge < -0.3 is 5.32 Å². The number of anilines is 1. The number of hydrogen-bond acceptors (Lipinski definition) is 2. The molecule has 0 saturated heterocycles. The van der Waals surface area contributed by atoms with Gasteiger partial charge in [0.15, 0.2) is 17.4 Å². The first-order valence-corrected chi connectivity index (χ1v) is 5.94. The van der Waals surface area contributed by atoms with Crippen molar-refractivity contribution in [1.29, 1.82) is 0 Å². The van der Waals surface area contributed by atoms with Crippen molar-refractivity contribution in [1.82, 2.24) is 0 Å². The van der Waals surface area contributed by atoms with Gasteiger partial charge in [-0.1, -0.05) is 18.2 Å². The van der Waals surface area contributed by atoms with E-state index in [0.29, 0.717) is 6.54 Å². The lowest BCUT2D eigenvalue weighted by Crippen LogP contribution is -2.09. The number of nitrogens with one attached hydrogen (secondary N) is 1. The Morgan fingerprint density at radius 2 is 1.74 bits per heavy atom. The zero-order valence-corrected chi connectivity index (χ0v) is 10.2. The van der Waals surface area contributed by atoms with Crippen LogP contribution in [-0.2, 0) is 0 Å². The summed E-state index contributed by atoms with van der Waals surface area (Å²) in [4.78, 5) is 11.8. The van der Waals surface area contributed by atoms with Crippen molar-refractivity contribution in [3.63, 3.8) is 0 Å². The van der Waals surface area contributed by atoms with E-state index >= 15 is 0 Å². The number of benzene rings is 2. The SMILES string of the molecule is O=C(CCNc1ccccc1)c1ccc(F)c(F)c1. The summed E-state index contributed by atoms with van der Waals surface area (Å²) in [5.41, 5.74) is 1.11. The smallest absolute Gasteiger partial charge is 0.164 e. The Balaban J connectivity index is 1.89. The molecule has 0 amide bonds. The van der Waals surface area contributed by atoms with Gasteiger partial charge in [0.05, 0.1) is 0 Å². The highest BCUT2D eigenvalue weighted by molar-refractivity contribution is 5.96. The quantitative estimate of drug-likeness (QED) is 0.832. The minimum absolute atomic E-state index is 0.189. The third-order valence-electron chi connectivity index (χ3n) is 2.70. The summed E-state index contributed by atoms with van der Waals surface area (Å²) in [6.07, 6.45) is 0.222. The molecule has 0 saturated carbocycles. The molecule has 0 fully saturated rings. The van der Waals surface area contributed by atoms with Gasteiger partial charge in [0.1, 0.15) is 0 Å². The maximum Gasteiger partial charge on any atom is 0.164 e. The monoisotopic (exact) mass is 261 g/mol. The molecule has 2 nitrogen and oxygen atoms in total. The fourth-order valence-electron chi connectivity index (χ4n) is 1.69. The van der Waals surface area contributed by atoms with Gasteiger partial charge in [-0.3, -0.25) is 4.79 Å². The number of carbonyl (C=O) groups excluding carboxylic acids is 1. The van der Waals surface area contributed by atoms with Crippen LogP contribution in [-0.4, -0.2) is 12.3 Å². The molecule has 98 valence electrons. The fraction of sp³-hybridized carbons (Fsp3) is 0.133. The molecule has 0 aliphatic rings. The van der Waals surface area contributed by atoms with Crippen LogP contribution in [0, 0.1) is 11.6 Å². The standard InChI is InChI=1S/C15H13F2NO/c16-13-7-6-11(10-14(13)17)15(19)8-9-18-12-4-2-1-3-5-12/h1-7,10,18H,8-9H2. The second-order valence-electron chi connectivity index (χ2n) is 4.09. The van der Waals surface area contributed by atoms with Gasteiger partial charge in [-0.2, -0.15) is 0 Å². The highest BCUT2D eigenvalue weighted by atomic mass is 19.2. The number of ketones is 1. The van der Waals surface area contributed by atoms with Crippen molar-refractivity contribution < 1.29 is 13.6 Å². The largest absolute Gasteiger partial charge is 0.385 e. The first-order valence-electron chi connectivity index (χ1n) is 5.94. The van der Waals surface area contributed by atoms with Crippen molar-refractivity contribution in [2.75, 3.05) is 11.9 Å². The molecule has 0 aliphatic carbocycles. The lowest BCUT2D eigenvalue weighted by molar-refractivity contribution is 0.0986. The third-order valence-corrected chi connectivity index (χ3v) is 2.70. The van der Waals surface area contributed by atoms with Gasteiger partial charge in [-0.05, 0) is 30.3 Å². The number of para-hydroxylation sites is 1. The minimum atomic E-state index is -0.998. The lowest BCUT2D eigenvalue weighted by Gasteiger charge is -2.05. The Hall–Kier alpha value is -2.23. The lowest BCUT2D eigenvalue weighted by atomic mass is 10.1. The average molecular weight is 261 g/mol. The van der Waals surface area contributed by atoms with Crippen LogP contribution in [0.5, 0.6) is 0 Å². The first kappa shape index (κ1) is 13.2. The molecule has 0 unspecified atom stereocenters. The molecule has 0 atom stereocenters. The molecule has 0 radical (unpaired) electrons. The first-order chi connectivity index (χ1) is 9.16. The van der Waals surface area contributed by atoms with E-state index < -0.39 is 11.6 Å². The maximum absolute atomic E-state index is 13.0. The summed E-state index contributed by atoms with van der Waals surface area (Å²) < 4.78 is 25.7. The molecule has 19 heavy (non-hydrogen) atoms. The molecule has 0 heterocycles. The summed E-state index contributed by atoms with van der Waals surface area (Å²) in [6.45, 7) is 0.446. The Kier molecular flexibility index (Phi) is 4.23. The van der Waals surface area contributed by atoms with E-state index in [2.05, 4.69) is 5.32 Å². The van der Waals surface area contributed by atoms with E-state index in [9.17, 15) is 13.6 Å². The molecule has 2 rings (SSSR count). The van der Waals surface area contributed by atoms with Gasteiger partial charge >= 0.3 is 0 Å². The van der Waals surface area contributed by atoms with Gasteiger partial charge in [0.2, 0.25) is 0 Å². The molecule has 0 spiro atoms. The second kappa shape index (κ2) is 6.09. The van der Waals surface area contributed by atoms with Gasteiger partial charge in [-0.15, -0.1) is 0 Å². The van der Waals surface area contributed by atoms with Crippen LogP contribution in [0.1, 0.15) is 16.8 Å². The number of rotatable bonds is 5. The van der Waals surface area contributed by atoms with E-state index in [1.807, 2.05) is 30.3 Å². The predicted molar refractivity (Wildman–Crippen MR) is 70.2 cm³/mol. The summed E-state index contributed by atoms with van der Waals surface area (Å²) in [7, 11) is 0. The molecule has 0 aliphatic heterocycles. The van der Waals surface area contributed by atoms with Crippen molar-refractivity contribution in [2.24, 2.45) is 0 Å². The topological polar surface area (TPSA) is 29.1 Å². The van der Waals surface area contributed by atoms with Gasteiger partial charge in [-0.25, -0.2) is 8.78 Å². The van der Waals surface area contributed by atoms with Gasteiger partial charge in [0.25, 0.3) is 0 Å². The van der Waals surface area contributed by atoms with Crippen LogP contribution < -0.4 is 5.32 Å². The summed E-state index contributed by atoms with van der Waals surface area (Å²) in [5, 5.41) is 3.08. The predicted octanol–water partition coefficient (Wildman–Crippen LogP) is 3.65. The van der Waals surface area contributed by atoms with Crippen LogP contribution in [0.4, 0.5) is 14.5 Å².